The van der Waals surface area contributed by atoms with E-state index in [-0.39, 0.29) is 5.97 Å². The van der Waals surface area contributed by atoms with Crippen LogP contribution >= 0.6 is 0 Å². The number of rotatable bonds is 8. The van der Waals surface area contributed by atoms with Crippen molar-refractivity contribution in [2.45, 2.75) is 20.4 Å². The Labute approximate surface area is 164 Å². The molecule has 1 heterocycles. The minimum Gasteiger partial charge on any atom is -0.462 e. The summed E-state index contributed by atoms with van der Waals surface area (Å²) in [7, 11) is 0. The monoisotopic (exact) mass is 377 g/mol. The van der Waals surface area contributed by atoms with Crippen molar-refractivity contribution in [3.05, 3.63) is 71.9 Å². The molecule has 1 aromatic heterocycles. The van der Waals surface area contributed by atoms with Crippen molar-refractivity contribution in [2.24, 2.45) is 0 Å². The van der Waals surface area contributed by atoms with Gasteiger partial charge in [0.1, 0.15) is 0 Å². The number of nitrogens with one attached hydrogen (secondary N) is 1. The van der Waals surface area contributed by atoms with Gasteiger partial charge in [-0.15, -0.1) is 5.10 Å². The van der Waals surface area contributed by atoms with Crippen molar-refractivity contribution in [3.8, 4) is 0 Å². The van der Waals surface area contributed by atoms with E-state index in [0.29, 0.717) is 30.5 Å². The third-order valence-corrected chi connectivity index (χ3v) is 4.10. The number of benzene rings is 2. The molecule has 7 heteroatoms. The largest absolute Gasteiger partial charge is 0.462 e. The van der Waals surface area contributed by atoms with Crippen molar-refractivity contribution in [2.75, 3.05) is 23.4 Å². The van der Waals surface area contributed by atoms with E-state index in [9.17, 15) is 4.79 Å². The summed E-state index contributed by atoms with van der Waals surface area (Å²) < 4.78 is 4.99. The van der Waals surface area contributed by atoms with Gasteiger partial charge < -0.3 is 15.0 Å². The molecule has 0 fully saturated rings. The first-order chi connectivity index (χ1) is 13.7. The minimum atomic E-state index is -0.334. The lowest BCUT2D eigenvalue weighted by atomic mass is 10.2. The molecule has 0 aliphatic carbocycles. The molecule has 0 unspecified atom stereocenters. The van der Waals surface area contributed by atoms with E-state index in [0.717, 1.165) is 12.2 Å². The molecular weight excluding hydrogens is 354 g/mol. The molecule has 3 aromatic rings. The predicted octanol–water partition coefficient (Wildman–Crippen LogP) is 3.82. The minimum absolute atomic E-state index is 0.334. The molecule has 7 nitrogen and oxygen atoms in total. The zero-order valence-electron chi connectivity index (χ0n) is 16.0. The number of aromatic nitrogens is 3. The number of anilines is 3. The molecular formula is C21H23N5O2. The van der Waals surface area contributed by atoms with Crippen molar-refractivity contribution in [1.82, 2.24) is 15.2 Å². The van der Waals surface area contributed by atoms with E-state index >= 15 is 0 Å². The Kier molecular flexibility index (Phi) is 6.51. The Hall–Kier alpha value is -3.48. The van der Waals surface area contributed by atoms with Gasteiger partial charge in [0.25, 0.3) is 0 Å². The van der Waals surface area contributed by atoms with Crippen LogP contribution < -0.4 is 10.2 Å². The molecule has 0 bridgehead atoms. The lowest BCUT2D eigenvalue weighted by molar-refractivity contribution is 0.0526. The maximum atomic E-state index is 11.7. The molecule has 28 heavy (non-hydrogen) atoms. The Bertz CT molecular complexity index is 900. The van der Waals surface area contributed by atoms with Crippen LogP contribution in [-0.2, 0) is 11.3 Å². The number of hydrogen-bond acceptors (Lipinski definition) is 7. The van der Waals surface area contributed by atoms with E-state index in [1.165, 1.54) is 5.56 Å². The third kappa shape index (κ3) is 5.03. The van der Waals surface area contributed by atoms with E-state index in [2.05, 4.69) is 44.5 Å². The molecule has 0 aliphatic heterocycles. The van der Waals surface area contributed by atoms with Gasteiger partial charge in [-0.3, -0.25) is 0 Å². The number of nitrogens with zero attached hydrogens (tertiary/aromatic N) is 4. The maximum Gasteiger partial charge on any atom is 0.338 e. The van der Waals surface area contributed by atoms with E-state index in [1.807, 2.05) is 18.2 Å². The summed E-state index contributed by atoms with van der Waals surface area (Å²) in [5.41, 5.74) is 2.49. The van der Waals surface area contributed by atoms with Gasteiger partial charge in [0.05, 0.1) is 18.4 Å². The summed E-state index contributed by atoms with van der Waals surface area (Å²) in [6.07, 6.45) is 1.57. The fourth-order valence-electron chi connectivity index (χ4n) is 2.67. The first kappa shape index (κ1) is 19.3. The van der Waals surface area contributed by atoms with E-state index in [4.69, 9.17) is 4.74 Å². The molecule has 0 radical (unpaired) electrons. The number of ether oxygens (including phenoxy) is 1. The topological polar surface area (TPSA) is 80.2 Å². The summed E-state index contributed by atoms with van der Waals surface area (Å²) in [6, 6.07) is 17.2. The zero-order valence-corrected chi connectivity index (χ0v) is 16.0. The number of carbonyl (C=O) groups is 1. The second-order valence-corrected chi connectivity index (χ2v) is 6.06. The van der Waals surface area contributed by atoms with Gasteiger partial charge in [0, 0.05) is 18.8 Å². The summed E-state index contributed by atoms with van der Waals surface area (Å²) in [5.74, 6) is 0.805. The van der Waals surface area contributed by atoms with Gasteiger partial charge in [0.2, 0.25) is 5.95 Å². The average Bonchev–Trinajstić information content (AvgIpc) is 2.73. The van der Waals surface area contributed by atoms with Gasteiger partial charge in [-0.05, 0) is 43.7 Å². The van der Waals surface area contributed by atoms with Crippen LogP contribution in [0, 0.1) is 0 Å². The lowest BCUT2D eigenvalue weighted by Gasteiger charge is -2.20. The molecule has 2 aromatic carbocycles. The average molecular weight is 377 g/mol. The second kappa shape index (κ2) is 9.45. The van der Waals surface area contributed by atoms with Gasteiger partial charge in [-0.25, -0.2) is 4.79 Å². The van der Waals surface area contributed by atoms with Crippen molar-refractivity contribution in [3.63, 3.8) is 0 Å². The normalized spacial score (nSPS) is 10.4. The zero-order chi connectivity index (χ0) is 19.8. The Balaban J connectivity index is 1.71. The van der Waals surface area contributed by atoms with E-state index < -0.39 is 0 Å². The molecule has 1 N–H and O–H groups in total. The molecule has 144 valence electrons. The summed E-state index contributed by atoms with van der Waals surface area (Å²) >= 11 is 0. The quantitative estimate of drug-likeness (QED) is 0.598. The number of hydrogen-bond donors (Lipinski definition) is 1. The molecule has 0 atom stereocenters. The molecule has 0 aliphatic rings. The van der Waals surface area contributed by atoms with Gasteiger partial charge >= 0.3 is 5.97 Å². The van der Waals surface area contributed by atoms with Crippen LogP contribution in [0.5, 0.6) is 0 Å². The Morgan fingerprint density at radius 2 is 1.82 bits per heavy atom. The van der Waals surface area contributed by atoms with Crippen LogP contribution in [-0.4, -0.2) is 34.3 Å². The predicted molar refractivity (Wildman–Crippen MR) is 109 cm³/mol. The first-order valence-electron chi connectivity index (χ1n) is 9.22. The van der Waals surface area contributed by atoms with Crippen molar-refractivity contribution in [1.29, 1.82) is 0 Å². The van der Waals surface area contributed by atoms with Crippen LogP contribution in [0.2, 0.25) is 0 Å². The highest BCUT2D eigenvalue weighted by molar-refractivity contribution is 5.89. The van der Waals surface area contributed by atoms with Crippen LogP contribution in [0.3, 0.4) is 0 Å². The maximum absolute atomic E-state index is 11.7. The van der Waals surface area contributed by atoms with E-state index in [1.54, 1.807) is 37.4 Å². The van der Waals surface area contributed by atoms with Crippen LogP contribution in [0.4, 0.5) is 17.5 Å². The molecule has 0 spiro atoms. The molecule has 3 rings (SSSR count). The van der Waals surface area contributed by atoms with Crippen molar-refractivity contribution < 1.29 is 9.53 Å². The standard InChI is InChI=1S/C21H23N5O2/c1-3-26(15-16-8-6-5-7-9-16)21-24-19(14-22-25-21)23-18-12-10-17(11-13-18)20(27)28-4-2/h5-14H,3-4,15H2,1-2H3,(H,23,24,25). The van der Waals surface area contributed by atoms with Crippen LogP contribution in [0.1, 0.15) is 29.8 Å². The Morgan fingerprint density at radius 3 is 2.50 bits per heavy atom. The SMILES string of the molecule is CCOC(=O)c1ccc(Nc2cnnc(N(CC)Cc3ccccc3)n2)cc1. The number of esters is 1. The highest BCUT2D eigenvalue weighted by atomic mass is 16.5. The third-order valence-electron chi connectivity index (χ3n) is 4.10. The van der Waals surface area contributed by atoms with Crippen LogP contribution in [0.25, 0.3) is 0 Å². The smallest absolute Gasteiger partial charge is 0.338 e. The second-order valence-electron chi connectivity index (χ2n) is 6.06. The fourth-order valence-corrected chi connectivity index (χ4v) is 2.67. The highest BCUT2D eigenvalue weighted by Crippen LogP contribution is 2.18. The van der Waals surface area contributed by atoms with Crippen LogP contribution in [0.15, 0.2) is 60.8 Å². The number of carbonyl (C=O) groups excluding carboxylic acids is 1. The summed E-state index contributed by atoms with van der Waals surface area (Å²) in [5, 5.41) is 11.4. The first-order valence-corrected chi connectivity index (χ1v) is 9.22. The molecule has 0 amide bonds. The van der Waals surface area contributed by atoms with Gasteiger partial charge in [-0.1, -0.05) is 30.3 Å². The summed E-state index contributed by atoms with van der Waals surface area (Å²) in [4.78, 5) is 18.4. The van der Waals surface area contributed by atoms with Crippen molar-refractivity contribution >= 4 is 23.4 Å². The molecule has 0 saturated heterocycles. The van der Waals surface area contributed by atoms with Gasteiger partial charge in [0.15, 0.2) is 5.82 Å². The van der Waals surface area contributed by atoms with Gasteiger partial charge in [-0.2, -0.15) is 10.1 Å². The summed E-state index contributed by atoms with van der Waals surface area (Å²) in [6.45, 7) is 5.65. The fraction of sp³-hybridized carbons (Fsp3) is 0.238. The Morgan fingerprint density at radius 1 is 1.07 bits per heavy atom. The molecule has 0 saturated carbocycles. The lowest BCUT2D eigenvalue weighted by Crippen LogP contribution is -2.24. The highest BCUT2D eigenvalue weighted by Gasteiger charge is 2.11.